The van der Waals surface area contributed by atoms with Crippen molar-refractivity contribution in [2.24, 2.45) is 0 Å². The normalized spacial score (nSPS) is 10.1. The van der Waals surface area contributed by atoms with Crippen molar-refractivity contribution in [1.29, 1.82) is 0 Å². The van der Waals surface area contributed by atoms with Crippen LogP contribution in [0, 0.1) is 10.1 Å². The Kier molecular flexibility index (Phi) is 3.94. The molecule has 0 radical (unpaired) electrons. The smallest absolute Gasteiger partial charge is 0.258 e. The van der Waals surface area contributed by atoms with E-state index in [0.717, 1.165) is 5.03 Å². The second-order valence-electron chi connectivity index (χ2n) is 2.94. The molecular weight excluding hydrogens is 258 g/mol. The van der Waals surface area contributed by atoms with Gasteiger partial charge in [-0.3, -0.25) is 10.1 Å². The molecule has 0 N–H and O–H groups in total. The van der Waals surface area contributed by atoms with Crippen molar-refractivity contribution in [1.82, 2.24) is 9.97 Å². The Hall–Kier alpha value is -1.60. The number of pyridine rings is 2. The van der Waals surface area contributed by atoms with Gasteiger partial charge < -0.3 is 0 Å². The minimum absolute atomic E-state index is 0.0455. The summed E-state index contributed by atoms with van der Waals surface area (Å²) in [5, 5.41) is 12.0. The highest BCUT2D eigenvalue weighted by Crippen LogP contribution is 2.35. The van der Waals surface area contributed by atoms with E-state index < -0.39 is 4.92 Å². The molecule has 5 nitrogen and oxygen atoms in total. The second-order valence-corrected chi connectivity index (χ2v) is 5.11. The van der Waals surface area contributed by atoms with Crippen LogP contribution < -0.4 is 0 Å². The molecule has 0 unspecified atom stereocenters. The van der Waals surface area contributed by atoms with Gasteiger partial charge in [0.1, 0.15) is 10.1 Å². The van der Waals surface area contributed by atoms with Crippen molar-refractivity contribution in [2.45, 2.75) is 10.1 Å². The predicted octanol–water partition coefficient (Wildman–Crippen LogP) is 3.18. The van der Waals surface area contributed by atoms with Crippen molar-refractivity contribution in [3.63, 3.8) is 0 Å². The van der Waals surface area contributed by atoms with Gasteiger partial charge in [0.25, 0.3) is 5.69 Å². The molecule has 2 aromatic heterocycles. The first kappa shape index (κ1) is 11.9. The number of hydrogen-bond acceptors (Lipinski definition) is 6. The van der Waals surface area contributed by atoms with Gasteiger partial charge >= 0.3 is 0 Å². The lowest BCUT2D eigenvalue weighted by Gasteiger charge is -1.99. The number of hydrogen-bond donors (Lipinski definition) is 0. The highest BCUT2D eigenvalue weighted by molar-refractivity contribution is 8.76. The number of nitrogens with zero attached hydrogens (tertiary/aromatic N) is 3. The van der Waals surface area contributed by atoms with Crippen molar-refractivity contribution in [3.05, 3.63) is 52.8 Å². The fourth-order valence-corrected chi connectivity index (χ4v) is 2.80. The molecule has 2 heterocycles. The molecule has 0 aliphatic carbocycles. The third kappa shape index (κ3) is 3.43. The maximum atomic E-state index is 10.6. The summed E-state index contributed by atoms with van der Waals surface area (Å²) in [6.45, 7) is 0. The zero-order valence-corrected chi connectivity index (χ0v) is 10.1. The molecular formula is C10H7N3O2S2. The van der Waals surface area contributed by atoms with Crippen LogP contribution in [0.1, 0.15) is 0 Å². The van der Waals surface area contributed by atoms with Crippen molar-refractivity contribution in [3.8, 4) is 0 Å². The van der Waals surface area contributed by atoms with E-state index in [0.29, 0.717) is 5.03 Å². The molecule has 0 atom stereocenters. The summed E-state index contributed by atoms with van der Waals surface area (Å²) in [6, 6.07) is 8.40. The van der Waals surface area contributed by atoms with Gasteiger partial charge in [0.05, 0.1) is 4.92 Å². The molecule has 0 bridgehead atoms. The van der Waals surface area contributed by atoms with Gasteiger partial charge in [0, 0.05) is 24.5 Å². The first-order valence-corrected chi connectivity index (χ1v) is 6.77. The Labute approximate surface area is 105 Å². The molecule has 7 heteroatoms. The SMILES string of the molecule is O=[N+]([O-])c1ccnc(SSc2ccccn2)c1. The molecule has 2 aromatic rings. The maximum Gasteiger partial charge on any atom is 0.273 e. The lowest BCUT2D eigenvalue weighted by Crippen LogP contribution is -1.88. The number of rotatable bonds is 4. The third-order valence-electron chi connectivity index (χ3n) is 1.78. The van der Waals surface area contributed by atoms with E-state index in [1.165, 1.54) is 39.9 Å². The Morgan fingerprint density at radius 3 is 2.53 bits per heavy atom. The summed E-state index contributed by atoms with van der Waals surface area (Å²) in [5.41, 5.74) is 0.0455. The molecule has 0 saturated carbocycles. The van der Waals surface area contributed by atoms with Crippen molar-refractivity contribution < 1.29 is 4.92 Å². The fourth-order valence-electron chi connectivity index (χ4n) is 1.04. The van der Waals surface area contributed by atoms with Crippen molar-refractivity contribution in [2.75, 3.05) is 0 Å². The van der Waals surface area contributed by atoms with Gasteiger partial charge in [-0.25, -0.2) is 9.97 Å². The Balaban J connectivity index is 2.04. The van der Waals surface area contributed by atoms with Gasteiger partial charge in [0.15, 0.2) is 0 Å². The quantitative estimate of drug-likeness (QED) is 0.480. The molecule has 86 valence electrons. The van der Waals surface area contributed by atoms with Gasteiger partial charge in [-0.1, -0.05) is 6.07 Å². The van der Waals surface area contributed by atoms with Crippen LogP contribution in [0.5, 0.6) is 0 Å². The zero-order chi connectivity index (χ0) is 12.1. The predicted molar refractivity (Wildman–Crippen MR) is 66.8 cm³/mol. The van der Waals surface area contributed by atoms with E-state index in [1.54, 1.807) is 6.20 Å². The average Bonchev–Trinajstić information content (AvgIpc) is 2.38. The van der Waals surface area contributed by atoms with E-state index in [-0.39, 0.29) is 5.69 Å². The van der Waals surface area contributed by atoms with Crippen LogP contribution in [0.2, 0.25) is 0 Å². The van der Waals surface area contributed by atoms with Crippen LogP contribution in [0.4, 0.5) is 5.69 Å². The Morgan fingerprint density at radius 1 is 1.06 bits per heavy atom. The molecule has 0 fully saturated rings. The van der Waals surface area contributed by atoms with Crippen LogP contribution >= 0.6 is 21.6 Å². The summed E-state index contributed by atoms with van der Waals surface area (Å²) < 4.78 is 0. The largest absolute Gasteiger partial charge is 0.273 e. The molecule has 0 amide bonds. The van der Waals surface area contributed by atoms with Gasteiger partial charge in [-0.2, -0.15) is 0 Å². The highest BCUT2D eigenvalue weighted by atomic mass is 33.1. The van der Waals surface area contributed by atoms with Crippen LogP contribution in [-0.4, -0.2) is 14.9 Å². The molecule has 0 aliphatic rings. The first-order chi connectivity index (χ1) is 8.25. The summed E-state index contributed by atoms with van der Waals surface area (Å²) in [4.78, 5) is 18.3. The van der Waals surface area contributed by atoms with E-state index in [1.807, 2.05) is 18.2 Å². The molecule has 0 aromatic carbocycles. The highest BCUT2D eigenvalue weighted by Gasteiger charge is 2.07. The molecule has 17 heavy (non-hydrogen) atoms. The van der Waals surface area contributed by atoms with E-state index >= 15 is 0 Å². The van der Waals surface area contributed by atoms with E-state index in [4.69, 9.17) is 0 Å². The fraction of sp³-hybridized carbons (Fsp3) is 0. The number of nitro groups is 1. The summed E-state index contributed by atoms with van der Waals surface area (Å²) in [5.74, 6) is 0. The lowest BCUT2D eigenvalue weighted by molar-refractivity contribution is -0.385. The van der Waals surface area contributed by atoms with Gasteiger partial charge in [-0.15, -0.1) is 0 Å². The van der Waals surface area contributed by atoms with Gasteiger partial charge in [-0.05, 0) is 33.7 Å². The topological polar surface area (TPSA) is 68.9 Å². The summed E-state index contributed by atoms with van der Waals surface area (Å²) in [7, 11) is 2.76. The Morgan fingerprint density at radius 2 is 1.82 bits per heavy atom. The maximum absolute atomic E-state index is 10.6. The average molecular weight is 265 g/mol. The van der Waals surface area contributed by atoms with Crippen LogP contribution in [0.25, 0.3) is 0 Å². The summed E-state index contributed by atoms with van der Waals surface area (Å²) in [6.07, 6.45) is 3.13. The molecule has 0 spiro atoms. The first-order valence-electron chi connectivity index (χ1n) is 4.62. The van der Waals surface area contributed by atoms with Crippen molar-refractivity contribution >= 4 is 27.3 Å². The zero-order valence-electron chi connectivity index (χ0n) is 8.52. The van der Waals surface area contributed by atoms with Crippen LogP contribution in [0.3, 0.4) is 0 Å². The standard InChI is InChI=1S/C10H7N3O2S2/c14-13(15)8-4-6-12-10(7-8)17-16-9-3-1-2-5-11-9/h1-7H. The minimum Gasteiger partial charge on any atom is -0.258 e. The lowest BCUT2D eigenvalue weighted by atomic mass is 10.4. The minimum atomic E-state index is -0.433. The summed E-state index contributed by atoms with van der Waals surface area (Å²) >= 11 is 0. The Bertz CT molecular complexity index is 522. The molecule has 0 aliphatic heterocycles. The third-order valence-corrected chi connectivity index (χ3v) is 3.94. The molecule has 2 rings (SSSR count). The number of aromatic nitrogens is 2. The molecule has 0 saturated heterocycles. The monoisotopic (exact) mass is 265 g/mol. The van der Waals surface area contributed by atoms with Gasteiger partial charge in [0.2, 0.25) is 0 Å². The van der Waals surface area contributed by atoms with E-state index in [9.17, 15) is 10.1 Å². The van der Waals surface area contributed by atoms with E-state index in [2.05, 4.69) is 9.97 Å². The second kappa shape index (κ2) is 5.65. The van der Waals surface area contributed by atoms with Crippen LogP contribution in [0.15, 0.2) is 52.8 Å². The van der Waals surface area contributed by atoms with Crippen LogP contribution in [-0.2, 0) is 0 Å².